The van der Waals surface area contributed by atoms with Crippen molar-refractivity contribution in [2.24, 2.45) is 0 Å². The summed E-state index contributed by atoms with van der Waals surface area (Å²) in [7, 11) is -4.75. The third-order valence-corrected chi connectivity index (χ3v) is 13.1. The summed E-state index contributed by atoms with van der Waals surface area (Å²) in [6.07, 6.45) is 54.9. The number of unbranched alkanes of at least 4 members (excludes halogenated alkanes) is 28. The molecule has 0 fully saturated rings. The van der Waals surface area contributed by atoms with Crippen molar-refractivity contribution < 1.29 is 52.2 Å². The van der Waals surface area contributed by atoms with E-state index in [1.807, 2.05) is 0 Å². The molecule has 3 unspecified atom stereocenters. The minimum atomic E-state index is -4.75. The van der Waals surface area contributed by atoms with Crippen LogP contribution < -0.4 is 0 Å². The average molecular weight is 1010 g/mol. The molecule has 0 aliphatic rings. The van der Waals surface area contributed by atoms with Gasteiger partial charge in [-0.2, -0.15) is 0 Å². The summed E-state index contributed by atoms with van der Waals surface area (Å²) < 4.78 is 39.5. The number of aliphatic hydroxyl groups excluding tert-OH is 1. The fourth-order valence-corrected chi connectivity index (χ4v) is 8.58. The van der Waals surface area contributed by atoms with Crippen molar-refractivity contribution in [3.05, 3.63) is 48.6 Å². The lowest BCUT2D eigenvalue weighted by molar-refractivity contribution is -0.161. The number of phosphoric acid groups is 1. The van der Waals surface area contributed by atoms with E-state index < -0.39 is 57.8 Å². The summed E-state index contributed by atoms with van der Waals surface area (Å²) in [6.45, 7) is 4.55. The molecule has 0 spiro atoms. The van der Waals surface area contributed by atoms with Crippen LogP contribution in [-0.4, -0.2) is 66.5 Å². The van der Waals surface area contributed by atoms with Gasteiger partial charge in [0.2, 0.25) is 0 Å². The highest BCUT2D eigenvalue weighted by molar-refractivity contribution is 7.47. The first-order valence-corrected chi connectivity index (χ1v) is 30.0. The molecule has 408 valence electrons. The molecule has 0 aliphatic carbocycles. The largest absolute Gasteiger partial charge is 0.472 e. The maximum atomic E-state index is 12.9. The Morgan fingerprint density at radius 2 is 0.729 bits per heavy atom. The molecule has 0 saturated carbocycles. The predicted molar refractivity (Wildman–Crippen MR) is 289 cm³/mol. The fraction of sp³-hybridized carbons (Fsp3) is 0.810. The number of esters is 3. The van der Waals surface area contributed by atoms with Gasteiger partial charge < -0.3 is 24.2 Å². The molecule has 0 aromatic rings. The lowest BCUT2D eigenvalue weighted by Gasteiger charge is -2.21. The molecule has 11 nitrogen and oxygen atoms in total. The number of carbonyl (C=O) groups excluding carboxylic acids is 3. The summed E-state index contributed by atoms with van der Waals surface area (Å²) in [5, 5.41) is 9.79. The maximum absolute atomic E-state index is 12.9. The van der Waals surface area contributed by atoms with Crippen LogP contribution in [0.2, 0.25) is 0 Å². The minimum Gasteiger partial charge on any atom is -0.462 e. The van der Waals surface area contributed by atoms with Crippen molar-refractivity contribution in [2.45, 2.75) is 277 Å². The number of ether oxygens (including phenoxy) is 3. The van der Waals surface area contributed by atoms with E-state index in [0.29, 0.717) is 19.3 Å². The number of allylic oxidation sites excluding steroid dienone is 8. The molecule has 0 heterocycles. The molecule has 3 atom stereocenters. The Morgan fingerprint density at radius 1 is 0.400 bits per heavy atom. The van der Waals surface area contributed by atoms with Gasteiger partial charge in [-0.05, 0) is 96.3 Å². The Morgan fingerprint density at radius 3 is 1.14 bits per heavy atom. The second-order valence-corrected chi connectivity index (χ2v) is 20.5. The summed E-state index contributed by atoms with van der Waals surface area (Å²) in [6, 6.07) is 0. The van der Waals surface area contributed by atoms with Gasteiger partial charge in [0.1, 0.15) is 12.7 Å². The highest BCUT2D eigenvalue weighted by atomic mass is 31.2. The van der Waals surface area contributed by atoms with E-state index in [4.69, 9.17) is 23.3 Å². The molecular formula is C58H105O11P. The van der Waals surface area contributed by atoms with Crippen molar-refractivity contribution in [1.82, 2.24) is 0 Å². The zero-order valence-electron chi connectivity index (χ0n) is 45.0. The van der Waals surface area contributed by atoms with Crippen molar-refractivity contribution >= 4 is 25.7 Å². The molecule has 0 amide bonds. The number of phosphoric ester groups is 1. The number of aliphatic hydroxyl groups is 1. The van der Waals surface area contributed by atoms with E-state index in [0.717, 1.165) is 109 Å². The van der Waals surface area contributed by atoms with Crippen molar-refractivity contribution in [3.8, 4) is 0 Å². The molecular weight excluding hydrogens is 904 g/mol. The zero-order valence-corrected chi connectivity index (χ0v) is 45.9. The number of hydrogen-bond donors (Lipinski definition) is 2. The van der Waals surface area contributed by atoms with Gasteiger partial charge in [0.05, 0.1) is 19.8 Å². The molecule has 0 aromatic heterocycles. The Balaban J connectivity index is 4.73. The number of hydrogen-bond acceptors (Lipinski definition) is 10. The van der Waals surface area contributed by atoms with Gasteiger partial charge in [-0.25, -0.2) is 4.57 Å². The quantitative estimate of drug-likeness (QED) is 0.0197. The summed E-state index contributed by atoms with van der Waals surface area (Å²) in [5.74, 6) is -1.48. The summed E-state index contributed by atoms with van der Waals surface area (Å²) >= 11 is 0. The van der Waals surface area contributed by atoms with E-state index in [2.05, 4.69) is 69.4 Å². The second kappa shape index (κ2) is 52.8. The normalized spacial score (nSPS) is 13.7. The number of rotatable bonds is 53. The van der Waals surface area contributed by atoms with Gasteiger partial charge in [-0.3, -0.25) is 23.4 Å². The zero-order chi connectivity index (χ0) is 51.3. The first-order valence-electron chi connectivity index (χ1n) is 28.5. The van der Waals surface area contributed by atoms with Gasteiger partial charge in [0.25, 0.3) is 0 Å². The molecule has 0 aromatic carbocycles. The van der Waals surface area contributed by atoms with E-state index in [1.54, 1.807) is 0 Å². The van der Waals surface area contributed by atoms with Crippen molar-refractivity contribution in [3.63, 3.8) is 0 Å². The van der Waals surface area contributed by atoms with Crippen LogP contribution in [0.15, 0.2) is 48.6 Å². The number of carbonyl (C=O) groups is 3. The lowest BCUT2D eigenvalue weighted by atomic mass is 10.1. The van der Waals surface area contributed by atoms with E-state index in [-0.39, 0.29) is 25.9 Å². The monoisotopic (exact) mass is 1010 g/mol. The fourth-order valence-electron chi connectivity index (χ4n) is 7.80. The van der Waals surface area contributed by atoms with Crippen molar-refractivity contribution in [1.29, 1.82) is 0 Å². The van der Waals surface area contributed by atoms with Gasteiger partial charge in [-0.15, -0.1) is 0 Å². The Hall–Kier alpha value is -2.56. The van der Waals surface area contributed by atoms with E-state index in [1.165, 1.54) is 96.3 Å². The molecule has 0 bridgehead atoms. The molecule has 0 aliphatic heterocycles. The standard InChI is InChI=1S/C58H105O11P/c1-4-7-10-13-16-19-22-25-26-27-28-31-34-37-40-43-46-49-58(62)69-55(51-65-56(60)47-44-41-38-35-32-29-23-20-17-14-11-8-5-2)53-67-70(63,64)66-52-54(50-59)68-57(61)48-45-42-39-36-33-30-24-21-18-15-12-9-6-3/h12,15,20-21,23-26,54-55,59H,4-11,13-14,16-19,22,27-53H2,1-3H3,(H,63,64)/b15-12-,23-20-,24-21-,26-25-. The first kappa shape index (κ1) is 67.4. The predicted octanol–water partition coefficient (Wildman–Crippen LogP) is 16.6. The first-order chi connectivity index (χ1) is 34.2. The van der Waals surface area contributed by atoms with Crippen LogP contribution in [-0.2, 0) is 42.2 Å². The van der Waals surface area contributed by atoms with Crippen LogP contribution >= 0.6 is 7.82 Å². The molecule has 12 heteroatoms. The molecule has 70 heavy (non-hydrogen) atoms. The Labute approximate surface area is 428 Å². The summed E-state index contributed by atoms with van der Waals surface area (Å²) in [5.41, 5.74) is 0. The topological polar surface area (TPSA) is 155 Å². The maximum Gasteiger partial charge on any atom is 0.472 e. The minimum absolute atomic E-state index is 0.161. The highest BCUT2D eigenvalue weighted by Gasteiger charge is 2.28. The lowest BCUT2D eigenvalue weighted by Crippen LogP contribution is -2.30. The van der Waals surface area contributed by atoms with Crippen LogP contribution in [0.1, 0.15) is 265 Å². The summed E-state index contributed by atoms with van der Waals surface area (Å²) in [4.78, 5) is 48.5. The average Bonchev–Trinajstić information content (AvgIpc) is 3.35. The smallest absolute Gasteiger partial charge is 0.462 e. The van der Waals surface area contributed by atoms with E-state index >= 15 is 0 Å². The Bertz CT molecular complexity index is 1360. The van der Waals surface area contributed by atoms with Crippen LogP contribution in [0.4, 0.5) is 0 Å². The molecule has 0 radical (unpaired) electrons. The SMILES string of the molecule is CCC/C=C\C/C=C\CCCCCCCC(=O)OC(CO)COP(=O)(O)OCC(COC(=O)CCCCCCC/C=C\CCCCCC)OC(=O)CCCCCCCCC/C=C\CCCCCCCC. The highest BCUT2D eigenvalue weighted by Crippen LogP contribution is 2.43. The van der Waals surface area contributed by atoms with E-state index in [9.17, 15) is 28.9 Å². The third kappa shape index (κ3) is 50.4. The van der Waals surface area contributed by atoms with Crippen LogP contribution in [0.25, 0.3) is 0 Å². The van der Waals surface area contributed by atoms with Crippen molar-refractivity contribution in [2.75, 3.05) is 26.4 Å². The Kier molecular flexibility index (Phi) is 50.8. The molecule has 2 N–H and O–H groups in total. The van der Waals surface area contributed by atoms with Crippen LogP contribution in [0, 0.1) is 0 Å². The van der Waals surface area contributed by atoms with Gasteiger partial charge in [0, 0.05) is 19.3 Å². The van der Waals surface area contributed by atoms with Crippen LogP contribution in [0.3, 0.4) is 0 Å². The molecule has 0 saturated heterocycles. The van der Waals surface area contributed by atoms with Gasteiger partial charge in [0.15, 0.2) is 6.10 Å². The van der Waals surface area contributed by atoms with Gasteiger partial charge in [-0.1, -0.05) is 198 Å². The van der Waals surface area contributed by atoms with Crippen LogP contribution in [0.5, 0.6) is 0 Å². The second-order valence-electron chi connectivity index (χ2n) is 19.1. The third-order valence-electron chi connectivity index (χ3n) is 12.2. The van der Waals surface area contributed by atoms with Gasteiger partial charge >= 0.3 is 25.7 Å². The molecule has 0 rings (SSSR count).